The number of rotatable bonds is 10. The fourth-order valence-electron chi connectivity index (χ4n) is 2.02. The summed E-state index contributed by atoms with van der Waals surface area (Å²) in [4.78, 5) is 11.7. The highest BCUT2D eigenvalue weighted by Gasteiger charge is 2.08. The van der Waals surface area contributed by atoms with Crippen LogP contribution < -0.4 is 0 Å². The van der Waals surface area contributed by atoms with Gasteiger partial charge in [-0.1, -0.05) is 55.9 Å². The van der Waals surface area contributed by atoms with Gasteiger partial charge in [-0.15, -0.1) is 0 Å². The van der Waals surface area contributed by atoms with Crippen LogP contribution in [0.2, 0.25) is 0 Å². The molecular weight excluding hydrogens is 272 g/mol. The minimum atomic E-state index is -0.954. The lowest BCUT2D eigenvalue weighted by molar-refractivity contribution is -0.119. The first-order valence-electron chi connectivity index (χ1n) is 8.04. The van der Waals surface area contributed by atoms with Crippen LogP contribution in [-0.2, 0) is 4.79 Å². The molecule has 2 nitrogen and oxygen atoms in total. The van der Waals surface area contributed by atoms with Crippen LogP contribution in [0.5, 0.6) is 0 Å². The average molecular weight is 304 g/mol. The maximum absolute atomic E-state index is 11.7. The molecule has 0 aromatic heterocycles. The Kier molecular flexibility index (Phi) is 9.68. The molecular formula is C20H32O2. The molecule has 0 bridgehead atoms. The second-order valence-electron chi connectivity index (χ2n) is 6.70. The predicted octanol–water partition coefficient (Wildman–Crippen LogP) is 5.16. The van der Waals surface area contributed by atoms with Gasteiger partial charge in [0, 0.05) is 12.8 Å². The van der Waals surface area contributed by atoms with E-state index in [1.165, 1.54) is 11.6 Å². The topological polar surface area (TPSA) is 37.3 Å². The van der Waals surface area contributed by atoms with Gasteiger partial charge in [0.15, 0.2) is 0 Å². The third kappa shape index (κ3) is 11.3. The molecule has 0 spiro atoms. The van der Waals surface area contributed by atoms with E-state index in [0.29, 0.717) is 24.5 Å². The molecule has 0 fully saturated rings. The molecule has 22 heavy (non-hydrogen) atoms. The van der Waals surface area contributed by atoms with E-state index in [4.69, 9.17) is 0 Å². The van der Waals surface area contributed by atoms with Gasteiger partial charge in [0.05, 0.1) is 5.60 Å². The van der Waals surface area contributed by atoms with Crippen LogP contribution in [-0.4, -0.2) is 16.5 Å². The Hall–Kier alpha value is -1.41. The highest BCUT2D eigenvalue weighted by Crippen LogP contribution is 2.12. The minimum Gasteiger partial charge on any atom is -0.382 e. The molecule has 0 aliphatic rings. The van der Waals surface area contributed by atoms with Crippen LogP contribution in [0, 0.1) is 5.92 Å². The number of ketones is 1. The van der Waals surface area contributed by atoms with E-state index in [-0.39, 0.29) is 0 Å². The first-order valence-corrected chi connectivity index (χ1v) is 8.04. The zero-order valence-electron chi connectivity index (χ0n) is 14.9. The van der Waals surface area contributed by atoms with Crippen molar-refractivity contribution >= 4 is 5.78 Å². The standard InChI is InChI=1S/C20H32O2/c1-7-20(6,22)13-9-12-17(4)10-8-11-18(5)15-19(21)14-16(2)3/h7,9,11-13,16,22H,1,8,10,14-15H2,2-6H3/b13-9+,17-12+,18-11+. The summed E-state index contributed by atoms with van der Waals surface area (Å²) in [5.74, 6) is 0.760. The molecule has 1 unspecified atom stereocenters. The van der Waals surface area contributed by atoms with Gasteiger partial charge in [-0.05, 0) is 45.6 Å². The van der Waals surface area contributed by atoms with Gasteiger partial charge in [-0.2, -0.15) is 0 Å². The van der Waals surface area contributed by atoms with E-state index in [2.05, 4.69) is 33.4 Å². The Morgan fingerprint density at radius 1 is 1.27 bits per heavy atom. The molecule has 0 heterocycles. The molecule has 2 heteroatoms. The molecule has 0 radical (unpaired) electrons. The summed E-state index contributed by atoms with van der Waals surface area (Å²) in [5, 5.41) is 9.76. The molecule has 0 amide bonds. The van der Waals surface area contributed by atoms with Crippen molar-refractivity contribution in [3.8, 4) is 0 Å². The largest absolute Gasteiger partial charge is 0.382 e. The third-order valence-electron chi connectivity index (χ3n) is 3.37. The molecule has 1 N–H and O–H groups in total. The fourth-order valence-corrected chi connectivity index (χ4v) is 2.02. The average Bonchev–Trinajstić information content (AvgIpc) is 2.37. The summed E-state index contributed by atoms with van der Waals surface area (Å²) in [7, 11) is 0. The summed E-state index contributed by atoms with van der Waals surface area (Å²) < 4.78 is 0. The normalized spacial score (nSPS) is 16.1. The molecule has 0 aromatic rings. The van der Waals surface area contributed by atoms with Crippen molar-refractivity contribution in [1.29, 1.82) is 0 Å². The van der Waals surface area contributed by atoms with Crippen LogP contribution in [0.25, 0.3) is 0 Å². The molecule has 0 aliphatic carbocycles. The Labute approximate surface area is 136 Å². The number of hydrogen-bond acceptors (Lipinski definition) is 2. The number of allylic oxidation sites excluding steroid dienone is 5. The molecule has 1 atom stereocenters. The number of Topliss-reactive ketones (excluding diaryl/α,β-unsaturated/α-hetero) is 1. The van der Waals surface area contributed by atoms with Crippen molar-refractivity contribution in [3.63, 3.8) is 0 Å². The van der Waals surface area contributed by atoms with E-state index < -0.39 is 5.60 Å². The Morgan fingerprint density at radius 3 is 2.45 bits per heavy atom. The lowest BCUT2D eigenvalue weighted by atomic mass is 10.0. The summed E-state index contributed by atoms with van der Waals surface area (Å²) >= 11 is 0. The zero-order chi connectivity index (χ0) is 17.2. The van der Waals surface area contributed by atoms with Crippen molar-refractivity contribution in [2.45, 2.75) is 65.9 Å². The number of hydrogen-bond donors (Lipinski definition) is 1. The van der Waals surface area contributed by atoms with Crippen LogP contribution in [0.1, 0.15) is 60.3 Å². The molecule has 0 aliphatic heterocycles. The number of aliphatic hydroxyl groups is 1. The first kappa shape index (κ1) is 20.6. The number of carbonyl (C=O) groups is 1. The van der Waals surface area contributed by atoms with Crippen LogP contribution in [0.15, 0.2) is 48.1 Å². The lowest BCUT2D eigenvalue weighted by Gasteiger charge is -2.11. The monoisotopic (exact) mass is 304 g/mol. The van der Waals surface area contributed by atoms with Crippen molar-refractivity contribution < 1.29 is 9.90 Å². The van der Waals surface area contributed by atoms with Crippen molar-refractivity contribution in [3.05, 3.63) is 48.1 Å². The molecule has 0 saturated carbocycles. The van der Waals surface area contributed by atoms with Gasteiger partial charge in [0.1, 0.15) is 5.78 Å². The second kappa shape index (κ2) is 10.3. The quantitative estimate of drug-likeness (QED) is 0.447. The van der Waals surface area contributed by atoms with Crippen molar-refractivity contribution in [1.82, 2.24) is 0 Å². The molecule has 0 saturated heterocycles. The van der Waals surface area contributed by atoms with E-state index in [9.17, 15) is 9.90 Å². The van der Waals surface area contributed by atoms with Gasteiger partial charge in [0.25, 0.3) is 0 Å². The van der Waals surface area contributed by atoms with Gasteiger partial charge in [-0.3, -0.25) is 4.79 Å². The van der Waals surface area contributed by atoms with Gasteiger partial charge in [-0.25, -0.2) is 0 Å². The highest BCUT2D eigenvalue weighted by atomic mass is 16.3. The maximum Gasteiger partial charge on any atom is 0.137 e. The van der Waals surface area contributed by atoms with Crippen molar-refractivity contribution in [2.75, 3.05) is 0 Å². The Balaban J connectivity index is 4.24. The van der Waals surface area contributed by atoms with Crippen molar-refractivity contribution in [2.24, 2.45) is 5.92 Å². The zero-order valence-corrected chi connectivity index (χ0v) is 14.9. The van der Waals surface area contributed by atoms with Crippen LogP contribution in [0.3, 0.4) is 0 Å². The van der Waals surface area contributed by atoms with E-state index in [1.54, 1.807) is 13.0 Å². The van der Waals surface area contributed by atoms with Crippen LogP contribution in [0.4, 0.5) is 0 Å². The maximum atomic E-state index is 11.7. The summed E-state index contributed by atoms with van der Waals surface area (Å²) in [5.41, 5.74) is 1.45. The summed E-state index contributed by atoms with van der Waals surface area (Å²) in [6, 6.07) is 0. The summed E-state index contributed by atoms with van der Waals surface area (Å²) in [6.07, 6.45) is 12.4. The van der Waals surface area contributed by atoms with Gasteiger partial charge >= 0.3 is 0 Å². The van der Waals surface area contributed by atoms with Crippen LogP contribution >= 0.6 is 0 Å². The lowest BCUT2D eigenvalue weighted by Crippen LogP contribution is -2.15. The van der Waals surface area contributed by atoms with E-state index in [0.717, 1.165) is 18.4 Å². The predicted molar refractivity (Wildman–Crippen MR) is 95.8 cm³/mol. The van der Waals surface area contributed by atoms with Gasteiger partial charge < -0.3 is 5.11 Å². The van der Waals surface area contributed by atoms with Gasteiger partial charge in [0.2, 0.25) is 0 Å². The SMILES string of the molecule is C=CC(C)(O)/C=C/C=C(\C)CC/C=C(\C)CC(=O)CC(C)C. The van der Waals surface area contributed by atoms with E-state index in [1.807, 2.05) is 19.1 Å². The minimum absolute atomic E-state index is 0.325. The molecule has 0 aromatic carbocycles. The Bertz CT molecular complexity index is 448. The Morgan fingerprint density at radius 2 is 1.91 bits per heavy atom. The molecule has 124 valence electrons. The fraction of sp³-hybridized carbons (Fsp3) is 0.550. The third-order valence-corrected chi connectivity index (χ3v) is 3.37. The molecule has 0 rings (SSSR count). The second-order valence-corrected chi connectivity index (χ2v) is 6.70. The number of carbonyl (C=O) groups excluding carboxylic acids is 1. The summed E-state index contributed by atoms with van der Waals surface area (Å²) in [6.45, 7) is 13.5. The van der Waals surface area contributed by atoms with E-state index >= 15 is 0 Å². The first-order chi connectivity index (χ1) is 10.2. The highest BCUT2D eigenvalue weighted by molar-refractivity contribution is 5.80. The smallest absolute Gasteiger partial charge is 0.137 e.